The number of rotatable bonds is 8. The maximum atomic E-state index is 12.9. The van der Waals surface area contributed by atoms with Gasteiger partial charge in [0.2, 0.25) is 15.9 Å². The average Bonchev–Trinajstić information content (AvgIpc) is 2.99. The van der Waals surface area contributed by atoms with E-state index in [1.54, 1.807) is 29.2 Å². The fourth-order valence-electron chi connectivity index (χ4n) is 2.28. The summed E-state index contributed by atoms with van der Waals surface area (Å²) in [5.41, 5.74) is 0.919. The first-order valence-corrected chi connectivity index (χ1v) is 10.1. The van der Waals surface area contributed by atoms with Crippen molar-refractivity contribution < 1.29 is 17.6 Å². The summed E-state index contributed by atoms with van der Waals surface area (Å²) in [5, 5.41) is 0. The lowest BCUT2D eigenvalue weighted by Crippen LogP contribution is -2.38. The van der Waals surface area contributed by atoms with Crippen LogP contribution >= 0.6 is 11.3 Å². The van der Waals surface area contributed by atoms with Crippen molar-refractivity contribution in [3.05, 3.63) is 52.7 Å². The standard InChI is InChI=1S/C17H21FN2O3S2/c1-13-3-8-17(24-13)25(22,23)19-10-12-20(14(2)21)11-9-15-4-6-16(18)7-5-15/h3-8,19H,9-12H2,1-2H3. The van der Waals surface area contributed by atoms with Gasteiger partial charge < -0.3 is 4.90 Å². The van der Waals surface area contributed by atoms with E-state index in [-0.39, 0.29) is 29.0 Å². The molecule has 1 amide bonds. The van der Waals surface area contributed by atoms with Gasteiger partial charge in [-0.15, -0.1) is 11.3 Å². The first-order valence-electron chi connectivity index (χ1n) is 7.84. The molecule has 0 fully saturated rings. The van der Waals surface area contributed by atoms with Crippen molar-refractivity contribution in [1.82, 2.24) is 9.62 Å². The zero-order valence-electron chi connectivity index (χ0n) is 14.2. The third-order valence-electron chi connectivity index (χ3n) is 3.68. The average molecular weight is 384 g/mol. The Morgan fingerprint density at radius 2 is 1.84 bits per heavy atom. The molecule has 0 aliphatic rings. The molecule has 0 atom stereocenters. The van der Waals surface area contributed by atoms with Crippen LogP contribution in [0.2, 0.25) is 0 Å². The monoisotopic (exact) mass is 384 g/mol. The molecule has 0 aliphatic heterocycles. The SMILES string of the molecule is CC(=O)N(CCNS(=O)(=O)c1ccc(C)s1)CCc1ccc(F)cc1. The highest BCUT2D eigenvalue weighted by Gasteiger charge is 2.16. The van der Waals surface area contributed by atoms with Crippen LogP contribution in [0.25, 0.3) is 0 Å². The molecule has 1 N–H and O–H groups in total. The van der Waals surface area contributed by atoms with Crippen LogP contribution < -0.4 is 4.72 Å². The topological polar surface area (TPSA) is 66.5 Å². The van der Waals surface area contributed by atoms with Crippen LogP contribution in [0.5, 0.6) is 0 Å². The number of nitrogens with one attached hydrogen (secondary N) is 1. The van der Waals surface area contributed by atoms with Crippen LogP contribution in [0, 0.1) is 12.7 Å². The van der Waals surface area contributed by atoms with Gasteiger partial charge in [-0.1, -0.05) is 12.1 Å². The van der Waals surface area contributed by atoms with E-state index in [1.807, 2.05) is 6.92 Å². The minimum Gasteiger partial charge on any atom is -0.341 e. The summed E-state index contributed by atoms with van der Waals surface area (Å²) in [6.07, 6.45) is 0.580. The number of sulfonamides is 1. The van der Waals surface area contributed by atoms with Crippen molar-refractivity contribution >= 4 is 27.3 Å². The van der Waals surface area contributed by atoms with Gasteiger partial charge in [-0.2, -0.15) is 0 Å². The molecule has 1 heterocycles. The molecule has 0 unspecified atom stereocenters. The van der Waals surface area contributed by atoms with E-state index >= 15 is 0 Å². The van der Waals surface area contributed by atoms with Gasteiger partial charge in [0.1, 0.15) is 10.0 Å². The maximum absolute atomic E-state index is 12.9. The van der Waals surface area contributed by atoms with Gasteiger partial charge in [-0.3, -0.25) is 4.79 Å². The molecule has 0 bridgehead atoms. The molecule has 2 rings (SSSR count). The van der Waals surface area contributed by atoms with Gasteiger partial charge in [0, 0.05) is 31.4 Å². The lowest BCUT2D eigenvalue weighted by molar-refractivity contribution is -0.128. The minimum atomic E-state index is -3.54. The fraction of sp³-hybridized carbons (Fsp3) is 0.353. The molecule has 0 saturated carbocycles. The number of benzene rings is 1. The zero-order chi connectivity index (χ0) is 18.4. The maximum Gasteiger partial charge on any atom is 0.250 e. The summed E-state index contributed by atoms with van der Waals surface area (Å²) in [7, 11) is -3.54. The Morgan fingerprint density at radius 3 is 2.40 bits per heavy atom. The molecule has 2 aromatic rings. The van der Waals surface area contributed by atoms with E-state index in [0.717, 1.165) is 10.4 Å². The number of hydrogen-bond acceptors (Lipinski definition) is 4. The molecule has 136 valence electrons. The first-order chi connectivity index (χ1) is 11.8. The quantitative estimate of drug-likeness (QED) is 0.761. The van der Waals surface area contributed by atoms with Crippen molar-refractivity contribution in [3.8, 4) is 0 Å². The highest BCUT2D eigenvalue weighted by molar-refractivity contribution is 7.91. The van der Waals surface area contributed by atoms with Crippen LogP contribution in [0.3, 0.4) is 0 Å². The molecule has 1 aromatic heterocycles. The highest BCUT2D eigenvalue weighted by atomic mass is 32.2. The lowest BCUT2D eigenvalue weighted by Gasteiger charge is -2.21. The Kier molecular flexibility index (Phi) is 6.69. The van der Waals surface area contributed by atoms with Gasteiger partial charge >= 0.3 is 0 Å². The number of carbonyl (C=O) groups is 1. The molecule has 0 aliphatic carbocycles. The second-order valence-electron chi connectivity index (χ2n) is 5.65. The molecule has 25 heavy (non-hydrogen) atoms. The van der Waals surface area contributed by atoms with E-state index < -0.39 is 10.0 Å². The molecule has 0 spiro atoms. The summed E-state index contributed by atoms with van der Waals surface area (Å²) < 4.78 is 40.0. The Hall–Kier alpha value is -1.77. The van der Waals surface area contributed by atoms with Crippen molar-refractivity contribution in [3.63, 3.8) is 0 Å². The smallest absolute Gasteiger partial charge is 0.250 e. The number of hydrogen-bond donors (Lipinski definition) is 1. The van der Waals surface area contributed by atoms with Crippen LogP contribution in [0.1, 0.15) is 17.4 Å². The Labute approximate surface area is 151 Å². The van der Waals surface area contributed by atoms with Crippen LogP contribution in [-0.2, 0) is 21.2 Å². The summed E-state index contributed by atoms with van der Waals surface area (Å²) in [4.78, 5) is 14.2. The second-order valence-corrected chi connectivity index (χ2v) is 8.93. The summed E-state index contributed by atoms with van der Waals surface area (Å²) in [6.45, 7) is 4.15. The summed E-state index contributed by atoms with van der Waals surface area (Å²) in [5.74, 6) is -0.432. The fourth-order valence-corrected chi connectivity index (χ4v) is 4.63. The van der Waals surface area contributed by atoms with Gasteiger partial charge in [-0.05, 0) is 43.2 Å². The number of carbonyl (C=O) groups excluding carboxylic acids is 1. The number of halogens is 1. The van der Waals surface area contributed by atoms with Gasteiger partial charge in [0.15, 0.2) is 0 Å². The van der Waals surface area contributed by atoms with Crippen molar-refractivity contribution in [2.45, 2.75) is 24.5 Å². The molecule has 1 aromatic carbocycles. The number of amides is 1. The lowest BCUT2D eigenvalue weighted by atomic mass is 10.1. The predicted octanol–water partition coefficient (Wildman–Crippen LogP) is 2.57. The van der Waals surface area contributed by atoms with E-state index in [2.05, 4.69) is 4.72 Å². The van der Waals surface area contributed by atoms with E-state index in [9.17, 15) is 17.6 Å². The Bertz CT molecular complexity index is 817. The molecular formula is C17H21FN2O3S2. The summed E-state index contributed by atoms with van der Waals surface area (Å²) >= 11 is 1.21. The van der Waals surface area contributed by atoms with Gasteiger partial charge in [-0.25, -0.2) is 17.5 Å². The van der Waals surface area contributed by atoms with Crippen LogP contribution in [0.15, 0.2) is 40.6 Å². The normalized spacial score (nSPS) is 11.5. The zero-order valence-corrected chi connectivity index (χ0v) is 15.8. The van der Waals surface area contributed by atoms with Gasteiger partial charge in [0.25, 0.3) is 0 Å². The van der Waals surface area contributed by atoms with E-state index in [4.69, 9.17) is 0 Å². The number of nitrogens with zero attached hydrogens (tertiary/aromatic N) is 1. The molecule has 5 nitrogen and oxygen atoms in total. The van der Waals surface area contributed by atoms with Crippen molar-refractivity contribution in [2.75, 3.05) is 19.6 Å². The predicted molar refractivity (Wildman–Crippen MR) is 96.6 cm³/mol. The summed E-state index contributed by atoms with van der Waals surface area (Å²) in [6, 6.07) is 9.43. The third kappa shape index (κ3) is 5.91. The molecule has 0 saturated heterocycles. The van der Waals surface area contributed by atoms with Crippen molar-refractivity contribution in [1.29, 1.82) is 0 Å². The van der Waals surface area contributed by atoms with E-state index in [1.165, 1.54) is 30.4 Å². The molecule has 0 radical (unpaired) electrons. The molecule has 8 heteroatoms. The largest absolute Gasteiger partial charge is 0.341 e. The molecular weight excluding hydrogens is 363 g/mol. The van der Waals surface area contributed by atoms with E-state index in [0.29, 0.717) is 13.0 Å². The van der Waals surface area contributed by atoms with Gasteiger partial charge in [0.05, 0.1) is 0 Å². The minimum absolute atomic E-state index is 0.131. The van der Waals surface area contributed by atoms with Crippen LogP contribution in [-0.4, -0.2) is 38.9 Å². The number of aryl methyl sites for hydroxylation is 1. The van der Waals surface area contributed by atoms with Crippen LogP contribution in [0.4, 0.5) is 4.39 Å². The third-order valence-corrected chi connectivity index (χ3v) is 6.64. The first kappa shape index (κ1) is 19.6. The Morgan fingerprint density at radius 1 is 1.16 bits per heavy atom. The second kappa shape index (κ2) is 8.55. The highest BCUT2D eigenvalue weighted by Crippen LogP contribution is 2.20. The Balaban J connectivity index is 1.87. The number of thiophene rings is 1. The van der Waals surface area contributed by atoms with Crippen molar-refractivity contribution in [2.24, 2.45) is 0 Å².